The molecule has 3 N–H and O–H groups in total. The lowest BCUT2D eigenvalue weighted by atomic mass is 10.1. The maximum atomic E-state index is 12.1. The molecule has 1 aromatic carbocycles. The quantitative estimate of drug-likeness (QED) is 0.460. The van der Waals surface area contributed by atoms with Crippen molar-refractivity contribution in [2.75, 3.05) is 37.6 Å². The zero-order valence-corrected chi connectivity index (χ0v) is 17.9. The molecule has 0 radical (unpaired) electrons. The van der Waals surface area contributed by atoms with Crippen LogP contribution in [0.15, 0.2) is 52.8 Å². The van der Waals surface area contributed by atoms with Gasteiger partial charge >= 0.3 is 0 Å². The van der Waals surface area contributed by atoms with Crippen molar-refractivity contribution in [2.24, 2.45) is 4.99 Å². The van der Waals surface area contributed by atoms with Gasteiger partial charge in [-0.1, -0.05) is 30.3 Å². The van der Waals surface area contributed by atoms with Gasteiger partial charge in [0.2, 0.25) is 5.91 Å². The molecule has 1 saturated heterocycles. The summed E-state index contributed by atoms with van der Waals surface area (Å²) in [5.41, 5.74) is 1.22. The van der Waals surface area contributed by atoms with Gasteiger partial charge < -0.3 is 20.9 Å². The van der Waals surface area contributed by atoms with Crippen LogP contribution in [0.4, 0.5) is 5.00 Å². The molecular weight excluding hydrogens is 382 g/mol. The Balaban J connectivity index is 1.40. The van der Waals surface area contributed by atoms with Gasteiger partial charge in [-0.25, -0.2) is 4.99 Å². The number of aliphatic imine (C=N–C) groups is 1. The second-order valence-corrected chi connectivity index (χ2v) is 8.06. The molecule has 6 nitrogen and oxygen atoms in total. The van der Waals surface area contributed by atoms with Crippen molar-refractivity contribution in [2.45, 2.75) is 32.2 Å². The van der Waals surface area contributed by atoms with E-state index in [2.05, 4.69) is 55.5 Å². The summed E-state index contributed by atoms with van der Waals surface area (Å²) in [6.07, 6.45) is 2.95. The highest BCUT2D eigenvalue weighted by molar-refractivity contribution is 7.14. The SMILES string of the molecule is CCNC(=NCC(=O)NCCc1ccccc1)NC1CCN(c2cccs2)CC1. The van der Waals surface area contributed by atoms with Crippen molar-refractivity contribution in [3.63, 3.8) is 0 Å². The fourth-order valence-corrected chi connectivity index (χ4v) is 4.19. The number of thiophene rings is 1. The lowest BCUT2D eigenvalue weighted by Gasteiger charge is -2.33. The summed E-state index contributed by atoms with van der Waals surface area (Å²) >= 11 is 1.79. The molecule has 0 aliphatic carbocycles. The number of amides is 1. The van der Waals surface area contributed by atoms with Crippen molar-refractivity contribution in [1.29, 1.82) is 0 Å². The van der Waals surface area contributed by atoms with Crippen molar-refractivity contribution >= 4 is 28.2 Å². The van der Waals surface area contributed by atoms with Crippen LogP contribution in [0.25, 0.3) is 0 Å². The molecule has 1 aliphatic rings. The number of nitrogens with zero attached hydrogens (tertiary/aromatic N) is 2. The molecule has 29 heavy (non-hydrogen) atoms. The molecule has 2 heterocycles. The predicted octanol–water partition coefficient (Wildman–Crippen LogP) is 2.63. The Hall–Kier alpha value is -2.54. The second kappa shape index (κ2) is 11.5. The number of nitrogens with one attached hydrogen (secondary N) is 3. The van der Waals surface area contributed by atoms with Crippen LogP contribution < -0.4 is 20.9 Å². The van der Waals surface area contributed by atoms with E-state index in [0.29, 0.717) is 12.6 Å². The van der Waals surface area contributed by atoms with E-state index in [0.717, 1.165) is 44.9 Å². The number of carbonyl (C=O) groups is 1. The van der Waals surface area contributed by atoms with E-state index in [9.17, 15) is 4.79 Å². The lowest BCUT2D eigenvalue weighted by Crippen LogP contribution is -2.49. The second-order valence-electron chi connectivity index (χ2n) is 7.14. The summed E-state index contributed by atoms with van der Waals surface area (Å²) < 4.78 is 0. The van der Waals surface area contributed by atoms with Crippen molar-refractivity contribution in [1.82, 2.24) is 16.0 Å². The van der Waals surface area contributed by atoms with E-state index in [4.69, 9.17) is 0 Å². The van der Waals surface area contributed by atoms with Gasteiger partial charge in [0.05, 0.1) is 5.00 Å². The monoisotopic (exact) mass is 413 g/mol. The average Bonchev–Trinajstić information content (AvgIpc) is 3.28. The Bertz CT molecular complexity index is 755. The molecule has 0 saturated carbocycles. The van der Waals surface area contributed by atoms with Crippen LogP contribution in [0.2, 0.25) is 0 Å². The summed E-state index contributed by atoms with van der Waals surface area (Å²) in [7, 11) is 0. The number of rotatable bonds is 8. The van der Waals surface area contributed by atoms with E-state index in [1.165, 1.54) is 10.6 Å². The molecule has 156 valence electrons. The zero-order chi connectivity index (χ0) is 20.3. The largest absolute Gasteiger partial charge is 0.363 e. The Labute approximate surface area is 177 Å². The highest BCUT2D eigenvalue weighted by atomic mass is 32.1. The first-order chi connectivity index (χ1) is 14.2. The molecule has 1 amide bonds. The molecule has 7 heteroatoms. The number of anilines is 1. The smallest absolute Gasteiger partial charge is 0.241 e. The van der Waals surface area contributed by atoms with Gasteiger partial charge in [-0.05, 0) is 49.3 Å². The fraction of sp³-hybridized carbons (Fsp3) is 0.455. The molecule has 0 bridgehead atoms. The van der Waals surface area contributed by atoms with Gasteiger partial charge in [-0.3, -0.25) is 4.79 Å². The van der Waals surface area contributed by atoms with E-state index in [1.807, 2.05) is 25.1 Å². The van der Waals surface area contributed by atoms with Crippen molar-refractivity contribution in [3.05, 3.63) is 53.4 Å². The van der Waals surface area contributed by atoms with Gasteiger partial charge in [-0.2, -0.15) is 0 Å². The van der Waals surface area contributed by atoms with Crippen molar-refractivity contribution < 1.29 is 4.79 Å². The first-order valence-corrected chi connectivity index (χ1v) is 11.3. The molecule has 1 aromatic heterocycles. The molecule has 1 aliphatic heterocycles. The van der Waals surface area contributed by atoms with E-state index in [1.54, 1.807) is 11.3 Å². The summed E-state index contributed by atoms with van der Waals surface area (Å²) in [6, 6.07) is 14.8. The van der Waals surface area contributed by atoms with E-state index in [-0.39, 0.29) is 12.5 Å². The molecular formula is C22H31N5OS. The minimum Gasteiger partial charge on any atom is -0.363 e. The summed E-state index contributed by atoms with van der Waals surface area (Å²) in [5, 5.41) is 13.2. The number of hydrogen-bond donors (Lipinski definition) is 3. The van der Waals surface area contributed by atoms with Crippen molar-refractivity contribution in [3.8, 4) is 0 Å². The van der Waals surface area contributed by atoms with Crippen LogP contribution in [0.1, 0.15) is 25.3 Å². The summed E-state index contributed by atoms with van der Waals surface area (Å²) in [4.78, 5) is 19.0. The normalized spacial score (nSPS) is 15.2. The van der Waals surface area contributed by atoms with Gasteiger partial charge in [0.25, 0.3) is 0 Å². The summed E-state index contributed by atoms with van der Waals surface area (Å²) in [6.45, 7) is 5.66. The highest BCUT2D eigenvalue weighted by Crippen LogP contribution is 2.24. The standard InChI is InChI=1S/C22H31N5OS/c1-2-23-22(25-17-20(28)24-13-10-18-7-4-3-5-8-18)26-19-11-14-27(15-12-19)21-9-6-16-29-21/h3-9,16,19H,2,10-15,17H2,1H3,(H,24,28)(H2,23,25,26). The molecule has 1 fully saturated rings. The van der Waals surface area contributed by atoms with Gasteiger partial charge in [-0.15, -0.1) is 11.3 Å². The maximum absolute atomic E-state index is 12.1. The Kier molecular flexibility index (Phi) is 8.37. The Morgan fingerprint density at radius 3 is 2.62 bits per heavy atom. The first-order valence-electron chi connectivity index (χ1n) is 10.4. The minimum absolute atomic E-state index is 0.0503. The molecule has 3 rings (SSSR count). The van der Waals surface area contributed by atoms with Crippen LogP contribution in [-0.2, 0) is 11.2 Å². The number of carbonyl (C=O) groups excluding carboxylic acids is 1. The van der Waals surface area contributed by atoms with Crippen LogP contribution in [0.3, 0.4) is 0 Å². The highest BCUT2D eigenvalue weighted by Gasteiger charge is 2.20. The van der Waals surface area contributed by atoms with Crippen LogP contribution in [0, 0.1) is 0 Å². The van der Waals surface area contributed by atoms with Crippen LogP contribution in [0.5, 0.6) is 0 Å². The van der Waals surface area contributed by atoms with Gasteiger partial charge in [0.15, 0.2) is 5.96 Å². The van der Waals surface area contributed by atoms with E-state index >= 15 is 0 Å². The number of piperidine rings is 1. The molecule has 0 spiro atoms. The Morgan fingerprint density at radius 1 is 1.14 bits per heavy atom. The molecule has 0 atom stereocenters. The molecule has 0 unspecified atom stereocenters. The topological polar surface area (TPSA) is 68.8 Å². The van der Waals surface area contributed by atoms with E-state index < -0.39 is 0 Å². The van der Waals surface area contributed by atoms with Crippen LogP contribution in [-0.4, -0.2) is 50.6 Å². The molecule has 2 aromatic rings. The van der Waals surface area contributed by atoms with Gasteiger partial charge in [0, 0.05) is 32.2 Å². The van der Waals surface area contributed by atoms with Gasteiger partial charge in [0.1, 0.15) is 6.54 Å². The lowest BCUT2D eigenvalue weighted by molar-refractivity contribution is -0.119. The number of hydrogen-bond acceptors (Lipinski definition) is 4. The third kappa shape index (κ3) is 7.09. The predicted molar refractivity (Wildman–Crippen MR) is 122 cm³/mol. The fourth-order valence-electron chi connectivity index (χ4n) is 3.41. The zero-order valence-electron chi connectivity index (χ0n) is 17.1. The minimum atomic E-state index is -0.0503. The van der Waals surface area contributed by atoms with Crippen LogP contribution >= 0.6 is 11.3 Å². The third-order valence-corrected chi connectivity index (χ3v) is 5.89. The Morgan fingerprint density at radius 2 is 1.93 bits per heavy atom. The number of guanidine groups is 1. The first kappa shape index (κ1) is 21.2. The third-order valence-electron chi connectivity index (χ3n) is 4.96. The average molecular weight is 414 g/mol. The number of benzene rings is 1. The summed E-state index contributed by atoms with van der Waals surface area (Å²) in [5.74, 6) is 0.672. The maximum Gasteiger partial charge on any atom is 0.241 e.